The lowest BCUT2D eigenvalue weighted by atomic mass is 9.92. The average molecular weight is 620 g/mol. The predicted molar refractivity (Wildman–Crippen MR) is 167 cm³/mol. The molecule has 0 radical (unpaired) electrons. The molecule has 0 saturated carbocycles. The van der Waals surface area contributed by atoms with E-state index < -0.39 is 29.4 Å². The van der Waals surface area contributed by atoms with Crippen molar-refractivity contribution >= 4 is 17.7 Å². The van der Waals surface area contributed by atoms with Crippen molar-refractivity contribution in [2.45, 2.75) is 58.4 Å². The number of nitrogens with zero attached hydrogens (tertiary/aromatic N) is 2. The van der Waals surface area contributed by atoms with Gasteiger partial charge in [0.2, 0.25) is 11.8 Å². The van der Waals surface area contributed by atoms with Gasteiger partial charge in [-0.15, -0.1) is 0 Å². The van der Waals surface area contributed by atoms with E-state index in [1.807, 2.05) is 29.2 Å². The number of benzene rings is 3. The number of carbonyl (C=O) groups is 3. The van der Waals surface area contributed by atoms with Gasteiger partial charge in [0.05, 0.1) is 0 Å². The van der Waals surface area contributed by atoms with Crippen molar-refractivity contribution in [1.29, 1.82) is 0 Å². The Morgan fingerprint density at radius 3 is 1.91 bits per heavy atom. The predicted octanol–water partition coefficient (Wildman–Crippen LogP) is 6.17. The van der Waals surface area contributed by atoms with Gasteiger partial charge >= 0.3 is 0 Å². The summed E-state index contributed by atoms with van der Waals surface area (Å²) in [4.78, 5) is 42.4. The standard InChI is InChI=1S/C36H40F3N3O3/c1-3-4-5-24-6-8-26(9-7-24)27-10-12-28(13-11-27)35(44)41-16-14-29-21-42(22-30(29)15-17-41)36(45)33(40-23(2)43)20-25-18-31(37)34(39)32(38)19-25/h6-13,18-19,29-30,33H,3-5,14-17,20-22H2,1-2H3,(H,40,43)/t29-,30+,33-/m1/s1. The molecular formula is C36H40F3N3O3. The van der Waals surface area contributed by atoms with E-state index in [4.69, 9.17) is 0 Å². The van der Waals surface area contributed by atoms with Crippen LogP contribution in [0, 0.1) is 29.3 Å². The molecule has 0 unspecified atom stereocenters. The van der Waals surface area contributed by atoms with Gasteiger partial charge in [-0.05, 0) is 84.0 Å². The Labute approximate surface area is 262 Å². The van der Waals surface area contributed by atoms with E-state index in [1.54, 1.807) is 4.90 Å². The molecule has 6 nitrogen and oxygen atoms in total. The van der Waals surface area contributed by atoms with E-state index in [0.29, 0.717) is 31.7 Å². The molecule has 2 aliphatic rings. The maximum absolute atomic E-state index is 13.8. The zero-order valence-electron chi connectivity index (χ0n) is 25.8. The van der Waals surface area contributed by atoms with Crippen molar-refractivity contribution in [3.8, 4) is 11.1 Å². The summed E-state index contributed by atoms with van der Waals surface area (Å²) in [6, 6.07) is 17.0. The van der Waals surface area contributed by atoms with Gasteiger partial charge in [0.25, 0.3) is 5.91 Å². The number of carbonyl (C=O) groups excluding carboxylic acids is 3. The summed E-state index contributed by atoms with van der Waals surface area (Å²) >= 11 is 0. The fourth-order valence-electron chi connectivity index (χ4n) is 6.59. The van der Waals surface area contributed by atoms with E-state index >= 15 is 0 Å². The number of nitrogens with one attached hydrogen (secondary N) is 1. The molecule has 3 atom stereocenters. The number of hydrogen-bond acceptors (Lipinski definition) is 3. The van der Waals surface area contributed by atoms with Crippen molar-refractivity contribution < 1.29 is 27.6 Å². The van der Waals surface area contributed by atoms with Gasteiger partial charge in [-0.2, -0.15) is 0 Å². The fraction of sp³-hybridized carbons (Fsp3) is 0.417. The molecule has 0 aliphatic carbocycles. The molecular weight excluding hydrogens is 579 g/mol. The minimum atomic E-state index is -1.58. The quantitative estimate of drug-likeness (QED) is 0.291. The molecule has 1 N–H and O–H groups in total. The number of fused-ring (bicyclic) bond motifs is 1. The highest BCUT2D eigenvalue weighted by Crippen LogP contribution is 2.33. The second kappa shape index (κ2) is 14.3. The Balaban J connectivity index is 1.18. The van der Waals surface area contributed by atoms with Crippen LogP contribution in [0.1, 0.15) is 61.0 Å². The van der Waals surface area contributed by atoms with E-state index in [0.717, 1.165) is 42.5 Å². The minimum absolute atomic E-state index is 0.00569. The monoisotopic (exact) mass is 619 g/mol. The van der Waals surface area contributed by atoms with Gasteiger partial charge in [0, 0.05) is 45.1 Å². The molecule has 3 aromatic rings. The molecule has 2 saturated heterocycles. The third-order valence-electron chi connectivity index (χ3n) is 9.11. The van der Waals surface area contributed by atoms with Crippen molar-refractivity contribution in [3.05, 3.63) is 94.8 Å². The van der Waals surface area contributed by atoms with Crippen LogP contribution >= 0.6 is 0 Å². The Bertz CT molecular complexity index is 1490. The first-order valence-corrected chi connectivity index (χ1v) is 15.8. The Kier molecular flexibility index (Phi) is 10.3. The molecule has 2 fully saturated rings. The van der Waals surface area contributed by atoms with Gasteiger partial charge in [-0.25, -0.2) is 13.2 Å². The highest BCUT2D eigenvalue weighted by atomic mass is 19.2. The SMILES string of the molecule is CCCCc1ccc(-c2ccc(C(=O)N3CC[C@@H]4CN(C(=O)[C@@H](Cc5cc(F)c(F)c(F)c5)NC(C)=O)C[C@@H]4CC3)cc2)cc1. The fourth-order valence-corrected chi connectivity index (χ4v) is 6.59. The number of likely N-dealkylation sites (tertiary alicyclic amines) is 2. The molecule has 3 amide bonds. The minimum Gasteiger partial charge on any atom is -0.344 e. The number of hydrogen-bond donors (Lipinski definition) is 1. The van der Waals surface area contributed by atoms with Crippen LogP contribution in [-0.2, 0) is 22.4 Å². The number of rotatable bonds is 9. The van der Waals surface area contributed by atoms with Crippen LogP contribution in [0.25, 0.3) is 11.1 Å². The summed E-state index contributed by atoms with van der Waals surface area (Å²) in [6.07, 6.45) is 4.74. The summed E-state index contributed by atoms with van der Waals surface area (Å²) in [5, 5.41) is 2.59. The number of aryl methyl sites for hydroxylation is 1. The Hall–Kier alpha value is -4.14. The normalized spacial score (nSPS) is 18.7. The summed E-state index contributed by atoms with van der Waals surface area (Å²) < 4.78 is 41.0. The van der Waals surface area contributed by atoms with Gasteiger partial charge in [-0.1, -0.05) is 49.7 Å². The molecule has 2 heterocycles. The van der Waals surface area contributed by atoms with E-state index in [1.165, 1.54) is 25.3 Å². The lowest BCUT2D eigenvalue weighted by Gasteiger charge is -2.26. The third kappa shape index (κ3) is 7.75. The van der Waals surface area contributed by atoms with Crippen LogP contribution in [0.5, 0.6) is 0 Å². The van der Waals surface area contributed by atoms with Gasteiger partial charge in [-0.3, -0.25) is 14.4 Å². The van der Waals surface area contributed by atoms with Crippen LogP contribution in [0.2, 0.25) is 0 Å². The first-order chi connectivity index (χ1) is 21.6. The molecule has 9 heteroatoms. The van der Waals surface area contributed by atoms with E-state index in [9.17, 15) is 27.6 Å². The maximum Gasteiger partial charge on any atom is 0.253 e. The lowest BCUT2D eigenvalue weighted by Crippen LogP contribution is -2.48. The zero-order valence-corrected chi connectivity index (χ0v) is 25.8. The van der Waals surface area contributed by atoms with Crippen LogP contribution in [-0.4, -0.2) is 59.7 Å². The summed E-state index contributed by atoms with van der Waals surface area (Å²) in [5.74, 6) is -4.68. The van der Waals surface area contributed by atoms with Crippen molar-refractivity contribution in [1.82, 2.24) is 15.1 Å². The van der Waals surface area contributed by atoms with Crippen LogP contribution < -0.4 is 5.32 Å². The molecule has 238 valence electrons. The number of halogens is 3. The Morgan fingerprint density at radius 1 is 0.822 bits per heavy atom. The van der Waals surface area contributed by atoms with Gasteiger partial charge in [0.15, 0.2) is 17.5 Å². The van der Waals surface area contributed by atoms with E-state index in [2.05, 4.69) is 36.5 Å². The summed E-state index contributed by atoms with van der Waals surface area (Å²) in [7, 11) is 0. The van der Waals surface area contributed by atoms with Crippen LogP contribution in [0.15, 0.2) is 60.7 Å². The zero-order chi connectivity index (χ0) is 32.1. The van der Waals surface area contributed by atoms with Crippen LogP contribution in [0.3, 0.4) is 0 Å². The highest BCUT2D eigenvalue weighted by Gasteiger charge is 2.39. The van der Waals surface area contributed by atoms with Crippen molar-refractivity contribution in [2.75, 3.05) is 26.2 Å². The third-order valence-corrected chi connectivity index (χ3v) is 9.11. The Morgan fingerprint density at radius 2 is 1.38 bits per heavy atom. The molecule has 0 aromatic heterocycles. The molecule has 3 aromatic carbocycles. The molecule has 0 spiro atoms. The topological polar surface area (TPSA) is 69.7 Å². The lowest BCUT2D eigenvalue weighted by molar-refractivity contribution is -0.135. The molecule has 5 rings (SSSR count). The van der Waals surface area contributed by atoms with Crippen molar-refractivity contribution in [3.63, 3.8) is 0 Å². The first-order valence-electron chi connectivity index (χ1n) is 15.8. The second-order valence-electron chi connectivity index (χ2n) is 12.3. The largest absolute Gasteiger partial charge is 0.344 e. The van der Waals surface area contributed by atoms with Crippen LogP contribution in [0.4, 0.5) is 13.2 Å². The summed E-state index contributed by atoms with van der Waals surface area (Å²) in [6.45, 7) is 5.55. The van der Waals surface area contributed by atoms with Crippen molar-refractivity contribution in [2.24, 2.45) is 11.8 Å². The molecule has 2 aliphatic heterocycles. The maximum atomic E-state index is 13.8. The average Bonchev–Trinajstić information content (AvgIpc) is 3.34. The number of unbranched alkanes of at least 4 members (excludes halogenated alkanes) is 1. The number of amides is 3. The van der Waals surface area contributed by atoms with Gasteiger partial charge < -0.3 is 15.1 Å². The smallest absolute Gasteiger partial charge is 0.253 e. The second-order valence-corrected chi connectivity index (χ2v) is 12.3. The molecule has 0 bridgehead atoms. The van der Waals surface area contributed by atoms with E-state index in [-0.39, 0.29) is 35.6 Å². The summed E-state index contributed by atoms with van der Waals surface area (Å²) in [5.41, 5.74) is 4.24. The first kappa shape index (κ1) is 32.3. The van der Waals surface area contributed by atoms with Gasteiger partial charge in [0.1, 0.15) is 6.04 Å². The molecule has 45 heavy (non-hydrogen) atoms. The highest BCUT2D eigenvalue weighted by molar-refractivity contribution is 5.94.